The van der Waals surface area contributed by atoms with Crippen molar-refractivity contribution in [1.29, 1.82) is 0 Å². The van der Waals surface area contributed by atoms with Crippen molar-refractivity contribution < 1.29 is 4.39 Å². The first-order valence-electron chi connectivity index (χ1n) is 6.42. The van der Waals surface area contributed by atoms with Gasteiger partial charge in [0.2, 0.25) is 0 Å². The van der Waals surface area contributed by atoms with Gasteiger partial charge in [0.25, 0.3) is 0 Å². The van der Waals surface area contributed by atoms with Crippen LogP contribution in [0.2, 0.25) is 0 Å². The summed E-state index contributed by atoms with van der Waals surface area (Å²) in [6.07, 6.45) is 4.14. The number of hydrogen-bond donors (Lipinski definition) is 1. The highest BCUT2D eigenvalue weighted by atomic mass is 79.9. The summed E-state index contributed by atoms with van der Waals surface area (Å²) < 4.78 is 14.2. The molecule has 1 fully saturated rings. The van der Waals surface area contributed by atoms with Gasteiger partial charge >= 0.3 is 0 Å². The first-order chi connectivity index (χ1) is 8.65. The molecule has 1 N–H and O–H groups in total. The molecule has 5 heteroatoms. The Morgan fingerprint density at radius 1 is 1.50 bits per heavy atom. The number of likely N-dealkylation sites (tertiary alicyclic amines) is 1. The van der Waals surface area contributed by atoms with Gasteiger partial charge in [-0.15, -0.1) is 0 Å². The minimum absolute atomic E-state index is 0.309. The topological polar surface area (TPSA) is 28.2 Å². The largest absolute Gasteiger partial charge is 0.366 e. The van der Waals surface area contributed by atoms with Gasteiger partial charge in [0.15, 0.2) is 11.6 Å². The van der Waals surface area contributed by atoms with E-state index in [1.165, 1.54) is 18.9 Å². The molecule has 18 heavy (non-hydrogen) atoms. The highest BCUT2D eigenvalue weighted by Crippen LogP contribution is 2.17. The highest BCUT2D eigenvalue weighted by molar-refractivity contribution is 9.10. The molecule has 1 aliphatic heterocycles. The van der Waals surface area contributed by atoms with Crippen molar-refractivity contribution in [2.45, 2.75) is 19.8 Å². The van der Waals surface area contributed by atoms with Crippen molar-refractivity contribution in [2.24, 2.45) is 5.92 Å². The molecular formula is C13H19BrFN3. The van der Waals surface area contributed by atoms with Crippen molar-refractivity contribution in [1.82, 2.24) is 9.88 Å². The van der Waals surface area contributed by atoms with Crippen LogP contribution in [-0.4, -0.2) is 36.1 Å². The molecule has 0 aromatic carbocycles. The van der Waals surface area contributed by atoms with Gasteiger partial charge in [0.1, 0.15) is 0 Å². The average Bonchev–Trinajstić information content (AvgIpc) is 2.34. The van der Waals surface area contributed by atoms with Crippen molar-refractivity contribution in [3.63, 3.8) is 0 Å². The number of nitrogens with zero attached hydrogens (tertiary/aromatic N) is 2. The molecule has 0 bridgehead atoms. The Bertz CT molecular complexity index is 392. The van der Waals surface area contributed by atoms with Gasteiger partial charge in [0, 0.05) is 23.8 Å². The maximum Gasteiger partial charge on any atom is 0.166 e. The van der Waals surface area contributed by atoms with E-state index < -0.39 is 0 Å². The van der Waals surface area contributed by atoms with E-state index in [1.807, 2.05) is 0 Å². The molecule has 2 heterocycles. The second-order valence-corrected chi connectivity index (χ2v) is 5.85. The predicted molar refractivity (Wildman–Crippen MR) is 75.2 cm³/mol. The monoisotopic (exact) mass is 315 g/mol. The zero-order valence-corrected chi connectivity index (χ0v) is 12.2. The number of anilines is 1. The third-order valence-electron chi connectivity index (χ3n) is 3.40. The Morgan fingerprint density at radius 2 is 2.22 bits per heavy atom. The molecule has 1 saturated heterocycles. The molecule has 1 aromatic rings. The van der Waals surface area contributed by atoms with E-state index in [2.05, 4.69) is 38.1 Å². The molecule has 1 aromatic heterocycles. The summed E-state index contributed by atoms with van der Waals surface area (Å²) >= 11 is 3.19. The third-order valence-corrected chi connectivity index (χ3v) is 3.84. The fraction of sp³-hybridized carbons (Fsp3) is 0.615. The Labute approximate surface area is 116 Å². The first kappa shape index (κ1) is 13.7. The zero-order chi connectivity index (χ0) is 13.0. The highest BCUT2D eigenvalue weighted by Gasteiger charge is 2.15. The van der Waals surface area contributed by atoms with Crippen molar-refractivity contribution in [3.8, 4) is 0 Å². The van der Waals surface area contributed by atoms with Gasteiger partial charge in [-0.05, 0) is 53.8 Å². The second-order valence-electron chi connectivity index (χ2n) is 4.93. The molecule has 100 valence electrons. The van der Waals surface area contributed by atoms with E-state index in [-0.39, 0.29) is 5.82 Å². The average molecular weight is 316 g/mol. The van der Waals surface area contributed by atoms with Crippen LogP contribution in [-0.2, 0) is 0 Å². The van der Waals surface area contributed by atoms with Crippen molar-refractivity contribution in [3.05, 3.63) is 22.6 Å². The Hall–Kier alpha value is -0.680. The van der Waals surface area contributed by atoms with Crippen molar-refractivity contribution >= 4 is 21.7 Å². The molecule has 0 spiro atoms. The lowest BCUT2D eigenvalue weighted by molar-refractivity contribution is 0.199. The summed E-state index contributed by atoms with van der Waals surface area (Å²) in [4.78, 5) is 6.44. The van der Waals surface area contributed by atoms with E-state index >= 15 is 0 Å². The molecule has 3 nitrogen and oxygen atoms in total. The molecular weight excluding hydrogens is 297 g/mol. The number of nitrogens with one attached hydrogen (secondary N) is 1. The summed E-state index contributed by atoms with van der Waals surface area (Å²) in [5, 5.41) is 3.05. The quantitative estimate of drug-likeness (QED) is 0.925. The predicted octanol–water partition coefficient (Wildman–Crippen LogP) is 3.13. The molecule has 0 saturated carbocycles. The van der Waals surface area contributed by atoms with Gasteiger partial charge < -0.3 is 10.2 Å². The van der Waals surface area contributed by atoms with Gasteiger partial charge in [-0.2, -0.15) is 0 Å². The van der Waals surface area contributed by atoms with E-state index in [0.29, 0.717) is 10.3 Å². The number of halogens is 2. The molecule has 0 radical (unpaired) electrons. The summed E-state index contributed by atoms with van der Waals surface area (Å²) in [5.41, 5.74) is 0. The maximum absolute atomic E-state index is 13.5. The van der Waals surface area contributed by atoms with Crippen LogP contribution < -0.4 is 5.32 Å². The first-order valence-corrected chi connectivity index (χ1v) is 7.21. The molecule has 0 amide bonds. The fourth-order valence-corrected chi connectivity index (χ4v) is 2.47. The van der Waals surface area contributed by atoms with Crippen LogP contribution in [0.1, 0.15) is 19.8 Å². The summed E-state index contributed by atoms with van der Waals surface area (Å²) in [6, 6.07) is 1.43. The second kappa shape index (κ2) is 6.48. The lowest BCUT2D eigenvalue weighted by atomic mass is 9.99. The van der Waals surface area contributed by atoms with E-state index in [0.717, 1.165) is 32.1 Å². The molecule has 2 rings (SSSR count). The van der Waals surface area contributed by atoms with E-state index in [1.54, 1.807) is 6.20 Å². The van der Waals surface area contributed by atoms with E-state index in [9.17, 15) is 4.39 Å². The lowest BCUT2D eigenvalue weighted by Gasteiger charge is -2.30. The van der Waals surface area contributed by atoms with Gasteiger partial charge in [-0.25, -0.2) is 9.37 Å². The fourth-order valence-electron chi connectivity index (χ4n) is 2.16. The zero-order valence-electron chi connectivity index (χ0n) is 10.6. The van der Waals surface area contributed by atoms with Crippen molar-refractivity contribution in [2.75, 3.05) is 31.5 Å². The maximum atomic E-state index is 13.5. The SMILES string of the molecule is CC1CCN(CCNc2ncc(Br)cc2F)CC1. The van der Waals surface area contributed by atoms with Crippen LogP contribution in [0, 0.1) is 11.7 Å². The van der Waals surface area contributed by atoms with Gasteiger partial charge in [-0.3, -0.25) is 0 Å². The van der Waals surface area contributed by atoms with Crippen LogP contribution in [0.25, 0.3) is 0 Å². The Balaban J connectivity index is 1.75. The van der Waals surface area contributed by atoms with Crippen LogP contribution in [0.5, 0.6) is 0 Å². The van der Waals surface area contributed by atoms with Gasteiger partial charge in [0.05, 0.1) is 0 Å². The summed E-state index contributed by atoms with van der Waals surface area (Å²) in [5.74, 6) is 0.875. The smallest absolute Gasteiger partial charge is 0.166 e. The third kappa shape index (κ3) is 3.92. The minimum Gasteiger partial charge on any atom is -0.366 e. The molecule has 1 aliphatic rings. The van der Waals surface area contributed by atoms with Crippen LogP contribution in [0.3, 0.4) is 0 Å². The number of aromatic nitrogens is 1. The molecule has 0 unspecified atom stereocenters. The molecule has 0 atom stereocenters. The number of rotatable bonds is 4. The van der Waals surface area contributed by atoms with E-state index in [4.69, 9.17) is 0 Å². The number of hydrogen-bond acceptors (Lipinski definition) is 3. The minimum atomic E-state index is -0.309. The van der Waals surface area contributed by atoms with Crippen LogP contribution in [0.4, 0.5) is 10.2 Å². The normalized spacial score (nSPS) is 17.9. The Kier molecular flexibility index (Phi) is 4.95. The molecule has 0 aliphatic carbocycles. The van der Waals surface area contributed by atoms with Gasteiger partial charge in [-0.1, -0.05) is 6.92 Å². The van der Waals surface area contributed by atoms with Crippen LogP contribution >= 0.6 is 15.9 Å². The number of pyridine rings is 1. The number of piperidine rings is 1. The summed E-state index contributed by atoms with van der Waals surface area (Å²) in [7, 11) is 0. The standard InChI is InChI=1S/C13H19BrFN3/c1-10-2-5-18(6-3-10)7-4-16-13-12(15)8-11(14)9-17-13/h8-10H,2-7H2,1H3,(H,16,17). The Morgan fingerprint density at radius 3 is 2.89 bits per heavy atom. The summed E-state index contributed by atoms with van der Waals surface area (Å²) in [6.45, 7) is 6.29. The van der Waals surface area contributed by atoms with Crippen LogP contribution in [0.15, 0.2) is 16.7 Å². The lowest BCUT2D eigenvalue weighted by Crippen LogP contribution is -2.36.